The van der Waals surface area contributed by atoms with Crippen molar-refractivity contribution in [2.24, 2.45) is 0 Å². The predicted octanol–water partition coefficient (Wildman–Crippen LogP) is 5.15. The molecule has 0 aliphatic carbocycles. The average Bonchev–Trinajstić information content (AvgIpc) is 3.22. The van der Waals surface area contributed by atoms with Crippen LogP contribution in [-0.4, -0.2) is 44.1 Å². The fourth-order valence-corrected chi connectivity index (χ4v) is 4.18. The summed E-state index contributed by atoms with van der Waals surface area (Å²) < 4.78 is 60.0. The zero-order chi connectivity index (χ0) is 21.8. The van der Waals surface area contributed by atoms with Crippen molar-refractivity contribution in [2.75, 3.05) is 6.54 Å². The highest BCUT2D eigenvalue weighted by Crippen LogP contribution is 2.36. The van der Waals surface area contributed by atoms with Gasteiger partial charge in [-0.2, -0.15) is 22.7 Å². The molecule has 11 heteroatoms. The molecule has 3 aromatic rings. The quantitative estimate of drug-likeness (QED) is 0.515. The van der Waals surface area contributed by atoms with Crippen molar-refractivity contribution in [3.05, 3.63) is 35.2 Å². The summed E-state index contributed by atoms with van der Waals surface area (Å²) in [5.74, 6) is 0. The Labute approximate surface area is 173 Å². The van der Waals surface area contributed by atoms with E-state index in [2.05, 4.69) is 10.1 Å². The summed E-state index contributed by atoms with van der Waals surface area (Å²) in [7, 11) is 0. The lowest BCUT2D eigenvalue weighted by Gasteiger charge is -2.35. The van der Waals surface area contributed by atoms with E-state index in [-0.39, 0.29) is 24.3 Å². The third kappa shape index (κ3) is 3.51. The molecule has 0 saturated heterocycles. The van der Waals surface area contributed by atoms with Gasteiger partial charge in [0.05, 0.1) is 34.2 Å². The third-order valence-corrected chi connectivity index (χ3v) is 5.96. The third-order valence-electron chi connectivity index (χ3n) is 5.01. The summed E-state index contributed by atoms with van der Waals surface area (Å²) in [5.41, 5.74) is -0.143. The molecule has 0 fully saturated rings. The minimum absolute atomic E-state index is 0.0527. The largest absolute Gasteiger partial charge is 0.434 e. The number of thiophene rings is 1. The second kappa shape index (κ2) is 6.93. The van der Waals surface area contributed by atoms with E-state index in [1.165, 1.54) is 11.0 Å². The summed E-state index contributed by atoms with van der Waals surface area (Å²) in [6.07, 6.45) is -4.15. The Bertz CT molecular complexity index is 1120. The Morgan fingerprint density at radius 2 is 2.03 bits per heavy atom. The number of alkyl halides is 3. The summed E-state index contributed by atoms with van der Waals surface area (Å²) >= 11 is 0.965. The van der Waals surface area contributed by atoms with E-state index < -0.39 is 17.9 Å². The lowest BCUT2D eigenvalue weighted by Crippen LogP contribution is -2.48. The zero-order valence-electron chi connectivity index (χ0n) is 16.3. The first-order valence-corrected chi connectivity index (χ1v) is 9.95. The smallest absolute Gasteiger partial charge is 0.427 e. The van der Waals surface area contributed by atoms with Crippen LogP contribution in [0.4, 0.5) is 22.4 Å². The van der Waals surface area contributed by atoms with Crippen LogP contribution in [-0.2, 0) is 11.3 Å². The standard InChI is InChI=1S/C19H18F4N4O2S/c1-10-8-26(17(28)29-18(2,3)19(21,22)23)9-11-6-13(25-27(10)11)12-4-5-24-14-7-15(20)30-16(12)14/h4-7,10H,8-9H2,1-3H3/t10-/m0/s1. The SMILES string of the molecule is C[C@H]1CN(C(=O)OC(C)(C)C(F)(F)F)Cc2cc(-c3ccnc4cc(F)sc34)nn21. The maximum atomic E-state index is 13.7. The van der Waals surface area contributed by atoms with Gasteiger partial charge in [-0.15, -0.1) is 11.3 Å². The number of amides is 1. The molecule has 6 nitrogen and oxygen atoms in total. The summed E-state index contributed by atoms with van der Waals surface area (Å²) in [6, 6.07) is 4.55. The Morgan fingerprint density at radius 1 is 1.30 bits per heavy atom. The molecule has 3 aromatic heterocycles. The number of carbonyl (C=O) groups is 1. The number of fused-ring (bicyclic) bond motifs is 2. The monoisotopic (exact) mass is 442 g/mol. The molecule has 0 unspecified atom stereocenters. The van der Waals surface area contributed by atoms with Crippen LogP contribution in [0.2, 0.25) is 0 Å². The van der Waals surface area contributed by atoms with Gasteiger partial charge in [0.25, 0.3) is 0 Å². The van der Waals surface area contributed by atoms with Gasteiger partial charge >= 0.3 is 12.3 Å². The molecule has 1 amide bonds. The number of carbonyl (C=O) groups excluding carboxylic acids is 1. The van der Waals surface area contributed by atoms with E-state index in [1.807, 2.05) is 6.92 Å². The Hall–Kier alpha value is -2.69. The highest BCUT2D eigenvalue weighted by Gasteiger charge is 2.51. The molecular weight excluding hydrogens is 424 g/mol. The zero-order valence-corrected chi connectivity index (χ0v) is 17.1. The second-order valence-corrected chi connectivity index (χ2v) is 8.70. The Kier molecular flexibility index (Phi) is 4.75. The van der Waals surface area contributed by atoms with Gasteiger partial charge in [-0.25, -0.2) is 4.79 Å². The number of hydrogen-bond acceptors (Lipinski definition) is 5. The number of nitrogens with zero attached hydrogens (tertiary/aromatic N) is 4. The van der Waals surface area contributed by atoms with Crippen LogP contribution in [0.1, 0.15) is 32.5 Å². The molecule has 4 heterocycles. The first-order valence-electron chi connectivity index (χ1n) is 9.14. The molecule has 0 radical (unpaired) electrons. The fraction of sp³-hybridized carbons (Fsp3) is 0.421. The average molecular weight is 442 g/mol. The van der Waals surface area contributed by atoms with E-state index in [9.17, 15) is 22.4 Å². The van der Waals surface area contributed by atoms with Crippen LogP contribution in [0.3, 0.4) is 0 Å². The number of hydrogen-bond donors (Lipinski definition) is 0. The molecule has 30 heavy (non-hydrogen) atoms. The fourth-order valence-electron chi connectivity index (χ4n) is 3.31. The van der Waals surface area contributed by atoms with Crippen LogP contribution >= 0.6 is 11.3 Å². The summed E-state index contributed by atoms with van der Waals surface area (Å²) in [6.45, 7) is 3.64. The second-order valence-electron chi connectivity index (χ2n) is 7.69. The van der Waals surface area contributed by atoms with Gasteiger partial charge in [-0.3, -0.25) is 9.67 Å². The van der Waals surface area contributed by atoms with Crippen LogP contribution in [0.15, 0.2) is 24.4 Å². The minimum atomic E-state index is -4.68. The summed E-state index contributed by atoms with van der Waals surface area (Å²) in [4.78, 5) is 17.8. The van der Waals surface area contributed by atoms with Crippen molar-refractivity contribution < 1.29 is 27.1 Å². The van der Waals surface area contributed by atoms with Gasteiger partial charge < -0.3 is 9.64 Å². The topological polar surface area (TPSA) is 60.3 Å². The lowest BCUT2D eigenvalue weighted by molar-refractivity contribution is -0.246. The number of rotatable bonds is 2. The van der Waals surface area contributed by atoms with Crippen LogP contribution in [0.5, 0.6) is 0 Å². The van der Waals surface area contributed by atoms with Gasteiger partial charge in [0.2, 0.25) is 5.60 Å². The van der Waals surface area contributed by atoms with Gasteiger partial charge in [0, 0.05) is 24.4 Å². The van der Waals surface area contributed by atoms with Crippen molar-refractivity contribution in [2.45, 2.75) is 45.1 Å². The first-order chi connectivity index (χ1) is 14.0. The normalized spacial score (nSPS) is 17.3. The van der Waals surface area contributed by atoms with Crippen LogP contribution < -0.4 is 0 Å². The molecule has 4 rings (SSSR count). The van der Waals surface area contributed by atoms with Crippen molar-refractivity contribution in [3.8, 4) is 11.3 Å². The maximum Gasteiger partial charge on any atom is 0.427 e. The first kappa shape index (κ1) is 20.6. The Morgan fingerprint density at radius 3 is 2.73 bits per heavy atom. The number of ether oxygens (including phenoxy) is 1. The van der Waals surface area contributed by atoms with Crippen molar-refractivity contribution in [1.82, 2.24) is 19.7 Å². The molecule has 160 valence electrons. The Balaban J connectivity index is 1.62. The van der Waals surface area contributed by atoms with Crippen LogP contribution in [0, 0.1) is 5.13 Å². The highest BCUT2D eigenvalue weighted by atomic mass is 32.1. The highest BCUT2D eigenvalue weighted by molar-refractivity contribution is 7.18. The molecule has 0 N–H and O–H groups in total. The van der Waals surface area contributed by atoms with Gasteiger partial charge in [-0.05, 0) is 32.9 Å². The van der Waals surface area contributed by atoms with E-state index in [1.54, 1.807) is 23.0 Å². The molecule has 1 aliphatic rings. The molecule has 1 atom stereocenters. The van der Waals surface area contributed by atoms with Crippen molar-refractivity contribution >= 4 is 27.6 Å². The van der Waals surface area contributed by atoms with Gasteiger partial charge in [-0.1, -0.05) is 0 Å². The van der Waals surface area contributed by atoms with E-state index >= 15 is 0 Å². The van der Waals surface area contributed by atoms with Gasteiger partial charge in [0.1, 0.15) is 0 Å². The predicted molar refractivity (Wildman–Crippen MR) is 103 cm³/mol. The molecule has 0 bridgehead atoms. The van der Waals surface area contributed by atoms with Crippen LogP contribution in [0.25, 0.3) is 21.5 Å². The van der Waals surface area contributed by atoms with E-state index in [0.717, 1.165) is 25.2 Å². The number of pyridine rings is 1. The summed E-state index contributed by atoms with van der Waals surface area (Å²) in [5, 5.41) is 4.23. The molecule has 0 saturated carbocycles. The number of aromatic nitrogens is 3. The molecular formula is C19H18F4N4O2S. The van der Waals surface area contributed by atoms with E-state index in [4.69, 9.17) is 4.74 Å². The minimum Gasteiger partial charge on any atom is -0.434 e. The van der Waals surface area contributed by atoms with Gasteiger partial charge in [0.15, 0.2) is 5.13 Å². The molecule has 1 aliphatic heterocycles. The van der Waals surface area contributed by atoms with E-state index in [0.29, 0.717) is 27.2 Å². The molecule has 0 aromatic carbocycles. The van der Waals surface area contributed by atoms with Crippen molar-refractivity contribution in [1.29, 1.82) is 0 Å². The van der Waals surface area contributed by atoms with Crippen molar-refractivity contribution in [3.63, 3.8) is 0 Å². The maximum absolute atomic E-state index is 13.7. The lowest BCUT2D eigenvalue weighted by atomic mass is 10.1. The number of halogens is 4. The molecule has 0 spiro atoms.